The minimum atomic E-state index is -3.78. The molecule has 0 saturated carbocycles. The average Bonchev–Trinajstić information content (AvgIpc) is 2.45. The second kappa shape index (κ2) is 7.38. The highest BCUT2D eigenvalue weighted by atomic mass is 79.9. The molecule has 118 valence electrons. The van der Waals surface area contributed by atoms with Crippen LogP contribution < -0.4 is 4.72 Å². The summed E-state index contributed by atoms with van der Waals surface area (Å²) in [4.78, 5) is 11.9. The minimum absolute atomic E-state index is 0.125. The number of benzene rings is 1. The first-order chi connectivity index (χ1) is 9.72. The summed E-state index contributed by atoms with van der Waals surface area (Å²) in [6.07, 6.45) is 0.654. The topological polar surface area (TPSA) is 72.5 Å². The van der Waals surface area contributed by atoms with Gasteiger partial charge in [-0.2, -0.15) is 4.72 Å². The van der Waals surface area contributed by atoms with Crippen LogP contribution in [0.4, 0.5) is 0 Å². The van der Waals surface area contributed by atoms with Crippen molar-refractivity contribution in [1.29, 1.82) is 0 Å². The SMILES string of the molecule is CCC(C)C(NS(=O)(=O)c1ccc(Br)c(C)c1)C(=O)OC. The average molecular weight is 378 g/mol. The number of carbonyl (C=O) groups is 1. The standard InChI is InChI=1S/C14H20BrNO4S/c1-5-9(2)13(14(17)20-4)16-21(18,19)11-6-7-12(15)10(3)8-11/h6-9,13,16H,5H2,1-4H3. The zero-order valence-corrected chi connectivity index (χ0v) is 14.9. The Morgan fingerprint density at radius 3 is 2.52 bits per heavy atom. The number of esters is 1. The Bertz CT molecular complexity index is 615. The molecule has 0 aromatic heterocycles. The summed E-state index contributed by atoms with van der Waals surface area (Å²) in [5.74, 6) is -0.745. The summed E-state index contributed by atoms with van der Waals surface area (Å²) in [7, 11) is -2.53. The molecule has 0 amide bonds. The van der Waals surface area contributed by atoms with Crippen LogP contribution in [0.2, 0.25) is 0 Å². The minimum Gasteiger partial charge on any atom is -0.468 e. The number of nitrogens with one attached hydrogen (secondary N) is 1. The Labute approximate surface area is 134 Å². The summed E-state index contributed by atoms with van der Waals surface area (Å²) < 4.78 is 32.8. The second-order valence-electron chi connectivity index (χ2n) is 4.92. The van der Waals surface area contributed by atoms with Crippen LogP contribution in [0.1, 0.15) is 25.8 Å². The van der Waals surface area contributed by atoms with Crippen molar-refractivity contribution < 1.29 is 17.9 Å². The van der Waals surface area contributed by atoms with Crippen molar-refractivity contribution in [1.82, 2.24) is 4.72 Å². The van der Waals surface area contributed by atoms with Gasteiger partial charge in [0.2, 0.25) is 10.0 Å². The zero-order chi connectivity index (χ0) is 16.2. The van der Waals surface area contributed by atoms with E-state index in [0.29, 0.717) is 6.42 Å². The zero-order valence-electron chi connectivity index (χ0n) is 12.5. The van der Waals surface area contributed by atoms with Crippen molar-refractivity contribution in [2.45, 2.75) is 38.1 Å². The number of aryl methyl sites for hydroxylation is 1. The van der Waals surface area contributed by atoms with Gasteiger partial charge in [0.25, 0.3) is 0 Å². The summed E-state index contributed by atoms with van der Waals surface area (Å²) in [5, 5.41) is 0. The Morgan fingerprint density at radius 2 is 2.05 bits per heavy atom. The lowest BCUT2D eigenvalue weighted by Crippen LogP contribution is -2.45. The van der Waals surface area contributed by atoms with Gasteiger partial charge in [0.05, 0.1) is 12.0 Å². The van der Waals surface area contributed by atoms with E-state index in [9.17, 15) is 13.2 Å². The first-order valence-electron chi connectivity index (χ1n) is 6.59. The fraction of sp³-hybridized carbons (Fsp3) is 0.500. The lowest BCUT2D eigenvalue weighted by atomic mass is 10.0. The van der Waals surface area contributed by atoms with Gasteiger partial charge in [-0.25, -0.2) is 8.42 Å². The van der Waals surface area contributed by atoms with Crippen LogP contribution in [0.25, 0.3) is 0 Å². The molecule has 0 bridgehead atoms. The monoisotopic (exact) mass is 377 g/mol. The molecule has 21 heavy (non-hydrogen) atoms. The Balaban J connectivity index is 3.11. The van der Waals surface area contributed by atoms with Crippen LogP contribution in [-0.4, -0.2) is 27.5 Å². The normalized spacial score (nSPS) is 14.5. The van der Waals surface area contributed by atoms with Crippen LogP contribution in [0.15, 0.2) is 27.6 Å². The highest BCUT2D eigenvalue weighted by Gasteiger charge is 2.30. The molecule has 0 heterocycles. The van der Waals surface area contributed by atoms with E-state index in [1.165, 1.54) is 13.2 Å². The quantitative estimate of drug-likeness (QED) is 0.773. The van der Waals surface area contributed by atoms with E-state index in [1.807, 2.05) is 6.92 Å². The Hall–Kier alpha value is -0.920. The van der Waals surface area contributed by atoms with E-state index in [2.05, 4.69) is 25.4 Å². The molecule has 1 N–H and O–H groups in total. The number of carbonyl (C=O) groups excluding carboxylic acids is 1. The lowest BCUT2D eigenvalue weighted by molar-refractivity contribution is -0.143. The van der Waals surface area contributed by atoms with Crippen molar-refractivity contribution in [3.63, 3.8) is 0 Å². The van der Waals surface area contributed by atoms with Crippen LogP contribution in [0.5, 0.6) is 0 Å². The van der Waals surface area contributed by atoms with Crippen molar-refractivity contribution in [3.05, 3.63) is 28.2 Å². The molecule has 2 atom stereocenters. The van der Waals surface area contributed by atoms with Gasteiger partial charge >= 0.3 is 5.97 Å². The molecule has 0 saturated heterocycles. The molecule has 7 heteroatoms. The van der Waals surface area contributed by atoms with Crippen LogP contribution >= 0.6 is 15.9 Å². The molecule has 0 aliphatic heterocycles. The summed E-state index contributed by atoms with van der Waals surface area (Å²) in [6, 6.07) is 3.82. The highest BCUT2D eigenvalue weighted by Crippen LogP contribution is 2.21. The van der Waals surface area contributed by atoms with Crippen molar-refractivity contribution in [3.8, 4) is 0 Å². The van der Waals surface area contributed by atoms with E-state index in [-0.39, 0.29) is 10.8 Å². The van der Waals surface area contributed by atoms with Gasteiger partial charge < -0.3 is 4.74 Å². The largest absolute Gasteiger partial charge is 0.468 e. The van der Waals surface area contributed by atoms with Crippen molar-refractivity contribution in [2.24, 2.45) is 5.92 Å². The van der Waals surface area contributed by atoms with Crippen molar-refractivity contribution >= 4 is 31.9 Å². The van der Waals surface area contributed by atoms with Gasteiger partial charge in [-0.05, 0) is 36.6 Å². The van der Waals surface area contributed by atoms with E-state index >= 15 is 0 Å². The Kier molecular flexibility index (Phi) is 6.37. The van der Waals surface area contributed by atoms with Gasteiger partial charge in [0.15, 0.2) is 0 Å². The fourth-order valence-corrected chi connectivity index (χ4v) is 3.40. The third-order valence-corrected chi connectivity index (χ3v) is 5.72. The van der Waals surface area contributed by atoms with Crippen LogP contribution in [0, 0.1) is 12.8 Å². The Morgan fingerprint density at radius 1 is 1.43 bits per heavy atom. The van der Waals surface area contributed by atoms with Gasteiger partial charge in [0.1, 0.15) is 6.04 Å². The number of ether oxygens (including phenoxy) is 1. The molecule has 0 spiro atoms. The predicted molar refractivity (Wildman–Crippen MR) is 84.5 cm³/mol. The summed E-state index contributed by atoms with van der Waals surface area (Å²) in [5.41, 5.74) is 0.802. The predicted octanol–water partition coefficient (Wildman–Crippen LogP) is 2.62. The smallest absolute Gasteiger partial charge is 0.324 e. The number of hydrogen-bond acceptors (Lipinski definition) is 4. The van der Waals surface area contributed by atoms with Crippen molar-refractivity contribution in [2.75, 3.05) is 7.11 Å². The molecule has 1 rings (SSSR count). The fourth-order valence-electron chi connectivity index (χ4n) is 1.78. The third kappa shape index (κ3) is 4.52. The maximum atomic E-state index is 12.4. The number of halogens is 1. The maximum Gasteiger partial charge on any atom is 0.324 e. The number of hydrogen-bond donors (Lipinski definition) is 1. The summed E-state index contributed by atoms with van der Waals surface area (Å²) in [6.45, 7) is 5.49. The molecule has 0 fully saturated rings. The first kappa shape index (κ1) is 18.1. The first-order valence-corrected chi connectivity index (χ1v) is 8.86. The number of sulfonamides is 1. The van der Waals surface area contributed by atoms with Crippen LogP contribution in [0.3, 0.4) is 0 Å². The second-order valence-corrected chi connectivity index (χ2v) is 7.49. The van der Waals surface area contributed by atoms with E-state index < -0.39 is 22.0 Å². The molecular formula is C14H20BrNO4S. The van der Waals surface area contributed by atoms with Gasteiger partial charge in [-0.3, -0.25) is 4.79 Å². The van der Waals surface area contributed by atoms with Crippen LogP contribution in [-0.2, 0) is 19.6 Å². The lowest BCUT2D eigenvalue weighted by Gasteiger charge is -2.21. The van der Waals surface area contributed by atoms with Gasteiger partial charge in [-0.15, -0.1) is 0 Å². The van der Waals surface area contributed by atoms with Gasteiger partial charge in [-0.1, -0.05) is 36.2 Å². The van der Waals surface area contributed by atoms with Gasteiger partial charge in [0, 0.05) is 4.47 Å². The van der Waals surface area contributed by atoms with E-state index in [1.54, 1.807) is 26.0 Å². The summed E-state index contributed by atoms with van der Waals surface area (Å²) >= 11 is 3.33. The molecular weight excluding hydrogens is 358 g/mol. The molecule has 5 nitrogen and oxygen atoms in total. The third-order valence-electron chi connectivity index (χ3n) is 3.39. The number of rotatable bonds is 6. The molecule has 1 aromatic carbocycles. The van der Waals surface area contributed by atoms with E-state index in [0.717, 1.165) is 10.0 Å². The molecule has 1 aromatic rings. The molecule has 0 radical (unpaired) electrons. The molecule has 0 aliphatic rings. The maximum absolute atomic E-state index is 12.4. The highest BCUT2D eigenvalue weighted by molar-refractivity contribution is 9.10. The molecule has 0 aliphatic carbocycles. The van der Waals surface area contributed by atoms with E-state index in [4.69, 9.17) is 0 Å². The number of methoxy groups -OCH3 is 1. The molecule has 2 unspecified atom stereocenters.